The van der Waals surface area contributed by atoms with Crippen molar-refractivity contribution in [3.05, 3.63) is 170 Å². The van der Waals surface area contributed by atoms with Crippen molar-refractivity contribution < 1.29 is 0 Å². The number of hydrogen-bond acceptors (Lipinski definition) is 2. The van der Waals surface area contributed by atoms with Gasteiger partial charge in [-0.15, -0.1) is 0 Å². The molecule has 0 amide bonds. The third kappa shape index (κ3) is 4.83. The monoisotopic (exact) mass is 560 g/mol. The zero-order valence-corrected chi connectivity index (χ0v) is 24.1. The van der Waals surface area contributed by atoms with E-state index in [2.05, 4.69) is 158 Å². The molecule has 0 unspecified atom stereocenters. The number of nitrogens with zero attached hydrogens (tertiary/aromatic N) is 2. The molecule has 0 saturated heterocycles. The van der Waals surface area contributed by atoms with E-state index in [1.807, 2.05) is 12.1 Å². The Morgan fingerprint density at radius 3 is 1.41 bits per heavy atom. The Hall–Kier alpha value is -5.86. The first-order valence-corrected chi connectivity index (χ1v) is 14.9. The molecule has 0 aliphatic heterocycles. The van der Waals surface area contributed by atoms with Gasteiger partial charge in [0.25, 0.3) is 0 Å². The minimum Gasteiger partial charge on any atom is -0.228 e. The van der Waals surface area contributed by atoms with Crippen LogP contribution in [0.2, 0.25) is 0 Å². The molecule has 0 aliphatic carbocycles. The van der Waals surface area contributed by atoms with Crippen molar-refractivity contribution in [2.75, 3.05) is 0 Å². The summed E-state index contributed by atoms with van der Waals surface area (Å²) >= 11 is 0. The van der Waals surface area contributed by atoms with Crippen LogP contribution in [-0.4, -0.2) is 9.97 Å². The van der Waals surface area contributed by atoms with E-state index in [1.165, 1.54) is 27.1 Å². The van der Waals surface area contributed by atoms with E-state index >= 15 is 0 Å². The van der Waals surface area contributed by atoms with Crippen LogP contribution in [0, 0.1) is 0 Å². The average molecular weight is 561 g/mol. The molecule has 1 aromatic heterocycles. The molecule has 0 N–H and O–H groups in total. The highest BCUT2D eigenvalue weighted by Gasteiger charge is 2.15. The van der Waals surface area contributed by atoms with Crippen molar-refractivity contribution in [2.24, 2.45) is 0 Å². The Balaban J connectivity index is 1.41. The minimum absolute atomic E-state index is 0.703. The average Bonchev–Trinajstić information content (AvgIpc) is 3.12. The van der Waals surface area contributed by atoms with Gasteiger partial charge in [0.1, 0.15) is 0 Å². The topological polar surface area (TPSA) is 25.8 Å². The fourth-order valence-electron chi connectivity index (χ4n) is 6.09. The zero-order valence-electron chi connectivity index (χ0n) is 24.1. The first-order chi connectivity index (χ1) is 21.8. The molecule has 0 aliphatic rings. The van der Waals surface area contributed by atoms with Gasteiger partial charge in [0.05, 0.1) is 11.4 Å². The molecule has 8 rings (SSSR count). The highest BCUT2D eigenvalue weighted by molar-refractivity contribution is 6.14. The Morgan fingerprint density at radius 2 is 0.773 bits per heavy atom. The van der Waals surface area contributed by atoms with Crippen LogP contribution in [0.1, 0.15) is 0 Å². The Morgan fingerprint density at radius 1 is 0.295 bits per heavy atom. The number of aromatic nitrogens is 2. The summed E-state index contributed by atoms with van der Waals surface area (Å²) in [5.41, 5.74) is 9.53. The van der Waals surface area contributed by atoms with Gasteiger partial charge in [0.15, 0.2) is 5.82 Å². The second-order valence-corrected chi connectivity index (χ2v) is 11.0. The summed E-state index contributed by atoms with van der Waals surface area (Å²) in [4.78, 5) is 10.3. The SMILES string of the molecule is c1ccc(-c2cc(-c3nc(-c4ccccc4)cc(-c4ccccc4)n3)cc(-c3cc4ccccc4c4ccccc34)c2)cc1. The highest BCUT2D eigenvalue weighted by atomic mass is 14.9. The summed E-state index contributed by atoms with van der Waals surface area (Å²) in [6.07, 6.45) is 0. The van der Waals surface area contributed by atoms with E-state index in [0.29, 0.717) is 5.82 Å². The van der Waals surface area contributed by atoms with Crippen LogP contribution in [-0.2, 0) is 0 Å². The standard InChI is InChI=1S/C42H28N2/c1-4-14-29(15-5-1)33-24-34(39-27-32-20-10-11-21-36(32)37-22-12-13-23-38(37)39)26-35(25-33)42-43-40(30-16-6-2-7-17-30)28-41(44-42)31-18-8-3-9-19-31/h1-28H. The quantitative estimate of drug-likeness (QED) is 0.196. The molecule has 0 saturated carbocycles. The molecule has 0 spiro atoms. The number of fused-ring (bicyclic) bond motifs is 3. The van der Waals surface area contributed by atoms with E-state index in [0.717, 1.165) is 44.8 Å². The van der Waals surface area contributed by atoms with Crippen molar-refractivity contribution >= 4 is 21.5 Å². The molecule has 0 radical (unpaired) electrons. The van der Waals surface area contributed by atoms with E-state index in [1.54, 1.807) is 0 Å². The smallest absolute Gasteiger partial charge is 0.160 e. The highest BCUT2D eigenvalue weighted by Crippen LogP contribution is 2.39. The first kappa shape index (κ1) is 25.8. The summed E-state index contributed by atoms with van der Waals surface area (Å²) in [5.74, 6) is 0.703. The minimum atomic E-state index is 0.703. The summed E-state index contributed by atoms with van der Waals surface area (Å²) in [6, 6.07) is 59.8. The molecule has 44 heavy (non-hydrogen) atoms. The van der Waals surface area contributed by atoms with Crippen LogP contribution >= 0.6 is 0 Å². The van der Waals surface area contributed by atoms with E-state index in [4.69, 9.17) is 9.97 Å². The van der Waals surface area contributed by atoms with Crippen LogP contribution in [0.15, 0.2) is 170 Å². The largest absolute Gasteiger partial charge is 0.228 e. The second kappa shape index (κ2) is 11.1. The van der Waals surface area contributed by atoms with Gasteiger partial charge in [-0.2, -0.15) is 0 Å². The third-order valence-corrected chi connectivity index (χ3v) is 8.24. The van der Waals surface area contributed by atoms with Gasteiger partial charge in [-0.1, -0.05) is 140 Å². The summed E-state index contributed by atoms with van der Waals surface area (Å²) in [5, 5.41) is 4.96. The van der Waals surface area contributed by atoms with Gasteiger partial charge in [0, 0.05) is 16.7 Å². The Bertz CT molecular complexity index is 2200. The molecular formula is C42H28N2. The number of rotatable bonds is 5. The van der Waals surface area contributed by atoms with Gasteiger partial charge in [-0.05, 0) is 74.1 Å². The van der Waals surface area contributed by atoms with Crippen molar-refractivity contribution in [3.63, 3.8) is 0 Å². The van der Waals surface area contributed by atoms with Crippen LogP contribution in [0.25, 0.3) is 77.7 Å². The molecule has 0 atom stereocenters. The van der Waals surface area contributed by atoms with Gasteiger partial charge in [0.2, 0.25) is 0 Å². The molecule has 0 fully saturated rings. The second-order valence-electron chi connectivity index (χ2n) is 11.0. The fraction of sp³-hybridized carbons (Fsp3) is 0. The van der Waals surface area contributed by atoms with E-state index in [9.17, 15) is 0 Å². The summed E-state index contributed by atoms with van der Waals surface area (Å²) in [7, 11) is 0. The van der Waals surface area contributed by atoms with Crippen LogP contribution in [0.3, 0.4) is 0 Å². The van der Waals surface area contributed by atoms with Crippen molar-refractivity contribution in [1.82, 2.24) is 9.97 Å². The fourth-order valence-corrected chi connectivity index (χ4v) is 6.09. The van der Waals surface area contributed by atoms with Gasteiger partial charge >= 0.3 is 0 Å². The van der Waals surface area contributed by atoms with Crippen molar-refractivity contribution in [1.29, 1.82) is 0 Å². The molecule has 1 heterocycles. The molecule has 7 aromatic carbocycles. The van der Waals surface area contributed by atoms with Gasteiger partial charge in [-0.25, -0.2) is 9.97 Å². The van der Waals surface area contributed by atoms with Gasteiger partial charge in [-0.3, -0.25) is 0 Å². The lowest BCUT2D eigenvalue weighted by Gasteiger charge is -2.15. The summed E-state index contributed by atoms with van der Waals surface area (Å²) in [6.45, 7) is 0. The Labute approximate surface area is 257 Å². The summed E-state index contributed by atoms with van der Waals surface area (Å²) < 4.78 is 0. The molecule has 206 valence electrons. The van der Waals surface area contributed by atoms with Gasteiger partial charge < -0.3 is 0 Å². The maximum absolute atomic E-state index is 5.17. The Kier molecular flexibility index (Phi) is 6.51. The van der Waals surface area contributed by atoms with E-state index < -0.39 is 0 Å². The zero-order chi connectivity index (χ0) is 29.3. The normalized spacial score (nSPS) is 11.2. The number of hydrogen-bond donors (Lipinski definition) is 0. The maximum Gasteiger partial charge on any atom is 0.160 e. The van der Waals surface area contributed by atoms with Crippen molar-refractivity contribution in [3.8, 4) is 56.2 Å². The van der Waals surface area contributed by atoms with Crippen LogP contribution in [0.5, 0.6) is 0 Å². The van der Waals surface area contributed by atoms with Crippen LogP contribution < -0.4 is 0 Å². The first-order valence-electron chi connectivity index (χ1n) is 14.9. The lowest BCUT2D eigenvalue weighted by atomic mass is 9.90. The molecule has 0 bridgehead atoms. The molecule has 2 nitrogen and oxygen atoms in total. The molecule has 8 aromatic rings. The predicted octanol–water partition coefficient (Wildman–Crippen LogP) is 11.1. The maximum atomic E-state index is 5.17. The molecular weight excluding hydrogens is 532 g/mol. The lowest BCUT2D eigenvalue weighted by Crippen LogP contribution is -1.97. The molecule has 2 heteroatoms. The van der Waals surface area contributed by atoms with Crippen molar-refractivity contribution in [2.45, 2.75) is 0 Å². The van der Waals surface area contributed by atoms with E-state index in [-0.39, 0.29) is 0 Å². The predicted molar refractivity (Wildman–Crippen MR) is 184 cm³/mol. The van der Waals surface area contributed by atoms with Crippen LogP contribution in [0.4, 0.5) is 0 Å². The third-order valence-electron chi connectivity index (χ3n) is 8.24. The number of benzene rings is 7. The lowest BCUT2D eigenvalue weighted by molar-refractivity contribution is 1.18.